The van der Waals surface area contributed by atoms with E-state index in [-0.39, 0.29) is 51.7 Å². The van der Waals surface area contributed by atoms with Crippen LogP contribution in [0.3, 0.4) is 0 Å². The van der Waals surface area contributed by atoms with Gasteiger partial charge < -0.3 is 55.4 Å². The van der Waals surface area contributed by atoms with E-state index in [0.29, 0.717) is 33.8 Å². The van der Waals surface area contributed by atoms with Gasteiger partial charge in [-0.2, -0.15) is 0 Å². The number of fused-ring (bicyclic) bond motifs is 9. The largest absolute Gasteiger partial charge is 0.508 e. The van der Waals surface area contributed by atoms with Crippen LogP contribution >= 0.6 is 0 Å². The summed E-state index contributed by atoms with van der Waals surface area (Å²) in [4.78, 5) is 0. The predicted molar refractivity (Wildman–Crippen MR) is 246 cm³/mol. The van der Waals surface area contributed by atoms with E-state index in [1.165, 1.54) is 12.1 Å². The van der Waals surface area contributed by atoms with E-state index >= 15 is 0 Å². The topological polar surface area (TPSA) is 201 Å². The van der Waals surface area contributed by atoms with E-state index in [0.717, 1.165) is 44.5 Å². The van der Waals surface area contributed by atoms with Crippen LogP contribution < -0.4 is 9.47 Å². The summed E-state index contributed by atoms with van der Waals surface area (Å²) in [6, 6.07) is 42.1. The third-order valence-corrected chi connectivity index (χ3v) is 14.3. The van der Waals surface area contributed by atoms with Gasteiger partial charge in [0.15, 0.2) is 0 Å². The van der Waals surface area contributed by atoms with Crippen molar-refractivity contribution in [2.24, 2.45) is 0 Å². The van der Waals surface area contributed by atoms with Crippen molar-refractivity contribution in [3.63, 3.8) is 0 Å². The fourth-order valence-electron chi connectivity index (χ4n) is 11.9. The molecule has 0 saturated carbocycles. The summed E-state index contributed by atoms with van der Waals surface area (Å²) in [6.45, 7) is 0. The summed E-state index contributed by atoms with van der Waals surface area (Å²) in [7, 11) is 0. The monoisotopic (exact) mass is 890 g/mol. The van der Waals surface area contributed by atoms with Gasteiger partial charge >= 0.3 is 0 Å². The molecule has 0 aromatic heterocycles. The lowest BCUT2D eigenvalue weighted by Gasteiger charge is -2.27. The van der Waals surface area contributed by atoms with Crippen molar-refractivity contribution in [2.75, 3.05) is 0 Å². The van der Waals surface area contributed by atoms with Crippen molar-refractivity contribution in [1.82, 2.24) is 0 Å². The van der Waals surface area contributed by atoms with Crippen molar-refractivity contribution in [2.45, 2.75) is 47.7 Å². The summed E-state index contributed by atoms with van der Waals surface area (Å²) in [5.74, 6) is -2.49. The van der Waals surface area contributed by atoms with Gasteiger partial charge in [0.05, 0.1) is 11.8 Å². The zero-order valence-electron chi connectivity index (χ0n) is 35.4. The van der Waals surface area contributed by atoms with Crippen LogP contribution in [-0.4, -0.2) is 46.0 Å². The molecular weight excluding hydrogens is 849 g/mol. The second-order valence-electron chi connectivity index (χ2n) is 18.1. The Kier molecular flexibility index (Phi) is 8.85. The van der Waals surface area contributed by atoms with Gasteiger partial charge in [-0.05, 0) is 129 Å². The molecule has 0 saturated heterocycles. The zero-order chi connectivity index (χ0) is 46.0. The number of benzene rings is 8. The van der Waals surface area contributed by atoms with Crippen LogP contribution in [0.15, 0.2) is 152 Å². The summed E-state index contributed by atoms with van der Waals surface area (Å²) >= 11 is 0. The highest BCUT2D eigenvalue weighted by atomic mass is 16.5. The van der Waals surface area contributed by atoms with E-state index < -0.39 is 47.7 Å². The van der Waals surface area contributed by atoms with Crippen molar-refractivity contribution in [3.8, 4) is 63.2 Å². The van der Waals surface area contributed by atoms with Crippen LogP contribution in [-0.2, 0) is 0 Å². The molecule has 4 aliphatic rings. The third kappa shape index (κ3) is 6.25. The summed E-state index contributed by atoms with van der Waals surface area (Å²) < 4.78 is 13.9. The fraction of sp³-hybridized carbons (Fsp3) is 0.143. The molecule has 67 heavy (non-hydrogen) atoms. The number of phenolic OH excluding ortho intramolecular Hbond substituents is 9. The first-order chi connectivity index (χ1) is 32.4. The molecule has 0 unspecified atom stereocenters. The van der Waals surface area contributed by atoms with E-state index in [4.69, 9.17) is 9.47 Å². The molecule has 11 nitrogen and oxygen atoms in total. The summed E-state index contributed by atoms with van der Waals surface area (Å²) in [5.41, 5.74) is 9.15. The molecule has 0 bridgehead atoms. The molecule has 332 valence electrons. The molecule has 2 heterocycles. The maximum absolute atomic E-state index is 12.6. The number of aromatic hydroxyl groups is 9. The van der Waals surface area contributed by atoms with Gasteiger partial charge in [0, 0.05) is 58.6 Å². The Bertz CT molecular complexity index is 3230. The molecular formula is C56H42O11. The fourth-order valence-corrected chi connectivity index (χ4v) is 11.9. The number of ether oxygens (including phenoxy) is 2. The first-order valence-corrected chi connectivity index (χ1v) is 22.0. The zero-order valence-corrected chi connectivity index (χ0v) is 35.4. The van der Waals surface area contributed by atoms with Crippen LogP contribution in [0.25, 0.3) is 0 Å². The SMILES string of the molecule is Oc1ccc([C@H]2c3ccc4c(c3[C@@H]3[C@@H](c5ccc(O)cc5)c5c(O)cc6c(c5[C@H]23)[C@@H](c2cc(O)cc(O)c2)[C@H](c2ccc(O)cc2)O6)[C@@H](c2cc(O)cc(O)c2)[C@H](c2ccc(O)cc2)O4)cc1. The minimum Gasteiger partial charge on any atom is -0.508 e. The van der Waals surface area contributed by atoms with Gasteiger partial charge in [-0.1, -0.05) is 54.6 Å². The molecule has 0 fully saturated rings. The van der Waals surface area contributed by atoms with Crippen LogP contribution in [0, 0.1) is 0 Å². The molecule has 11 heteroatoms. The van der Waals surface area contributed by atoms with Crippen LogP contribution in [0.4, 0.5) is 0 Å². The lowest BCUT2D eigenvalue weighted by atomic mass is 9.74. The van der Waals surface area contributed by atoms with E-state index in [1.807, 2.05) is 30.3 Å². The Morgan fingerprint density at radius 3 is 1.12 bits per heavy atom. The summed E-state index contributed by atoms with van der Waals surface area (Å²) in [5, 5.41) is 98.7. The number of hydrogen-bond donors (Lipinski definition) is 9. The highest BCUT2D eigenvalue weighted by Crippen LogP contribution is 2.73. The highest BCUT2D eigenvalue weighted by Gasteiger charge is 2.59. The minimum atomic E-state index is -0.740. The predicted octanol–water partition coefficient (Wildman–Crippen LogP) is 10.7. The number of phenols is 9. The minimum absolute atomic E-state index is 0.0173. The molecule has 0 spiro atoms. The first-order valence-electron chi connectivity index (χ1n) is 22.0. The van der Waals surface area contributed by atoms with Gasteiger partial charge in [0.25, 0.3) is 0 Å². The van der Waals surface area contributed by atoms with Crippen molar-refractivity contribution < 1.29 is 55.4 Å². The maximum Gasteiger partial charge on any atom is 0.135 e. The molecule has 8 atom stereocenters. The average molecular weight is 891 g/mol. The van der Waals surface area contributed by atoms with Gasteiger partial charge in [-0.15, -0.1) is 0 Å². The van der Waals surface area contributed by atoms with Gasteiger partial charge in [-0.25, -0.2) is 0 Å². The average Bonchev–Trinajstić information content (AvgIpc) is 4.05. The smallest absolute Gasteiger partial charge is 0.135 e. The lowest BCUT2D eigenvalue weighted by Crippen LogP contribution is -2.15. The molecule has 8 aromatic carbocycles. The molecule has 2 aliphatic heterocycles. The third-order valence-electron chi connectivity index (χ3n) is 14.3. The van der Waals surface area contributed by atoms with Gasteiger partial charge in [-0.3, -0.25) is 0 Å². The van der Waals surface area contributed by atoms with Crippen LogP contribution in [0.2, 0.25) is 0 Å². The highest BCUT2D eigenvalue weighted by molar-refractivity contribution is 5.74. The Labute approximate surface area is 383 Å². The quantitative estimate of drug-likeness (QED) is 0.0769. The summed E-state index contributed by atoms with van der Waals surface area (Å²) in [6.07, 6.45) is -1.42. The molecule has 9 N–H and O–H groups in total. The van der Waals surface area contributed by atoms with Gasteiger partial charge in [0.1, 0.15) is 75.5 Å². The Hall–Kier alpha value is -8.44. The second-order valence-corrected chi connectivity index (χ2v) is 18.1. The second kappa shape index (κ2) is 14.8. The van der Waals surface area contributed by atoms with E-state index in [2.05, 4.69) is 6.07 Å². The molecule has 0 radical (unpaired) electrons. The van der Waals surface area contributed by atoms with Crippen molar-refractivity contribution in [1.29, 1.82) is 0 Å². The van der Waals surface area contributed by atoms with Gasteiger partial charge in [0.2, 0.25) is 0 Å². The molecule has 2 aliphatic carbocycles. The van der Waals surface area contributed by atoms with Crippen molar-refractivity contribution >= 4 is 0 Å². The van der Waals surface area contributed by atoms with Crippen LogP contribution in [0.1, 0.15) is 114 Å². The lowest BCUT2D eigenvalue weighted by molar-refractivity contribution is 0.221. The Balaban J connectivity index is 1.17. The molecule has 0 amide bonds. The Morgan fingerprint density at radius 2 is 0.657 bits per heavy atom. The number of rotatable bonds is 6. The van der Waals surface area contributed by atoms with E-state index in [1.54, 1.807) is 103 Å². The Morgan fingerprint density at radius 1 is 0.269 bits per heavy atom. The normalized spacial score (nSPS) is 22.8. The molecule has 8 aromatic rings. The standard InChI is InChI=1S/C56H42O11/c57-32-9-1-26(2-10-32)44-40-17-18-42-50(46(30-19-36(61)23-37(62)20-30)55(66-42)28-5-13-34(59)14-6-28)48(40)53-45(27-3-11-33(58)12-4-27)49-41(65)25-43-51(54(49)52(44)53)47(31-21-38(63)24-39(64)22-31)56(67-43)29-7-15-35(60)16-8-29/h1-25,44-47,52-53,55-65H/t44-,45-,46+,47+,52+,53-,55-,56-/m0/s1. The maximum atomic E-state index is 12.6. The van der Waals surface area contributed by atoms with Crippen LogP contribution in [0.5, 0.6) is 63.2 Å². The number of hydrogen-bond acceptors (Lipinski definition) is 11. The van der Waals surface area contributed by atoms with Crippen molar-refractivity contribution in [3.05, 3.63) is 218 Å². The molecule has 12 rings (SSSR count). The first kappa shape index (κ1) is 40.1. The van der Waals surface area contributed by atoms with E-state index in [9.17, 15) is 46.0 Å².